The standard InChI is InChI=1S/C13H18N2O4S/c1-2-14-20(16,17)15-6-5-11(8-15)10-3-4-12-13(7-10)19-9-18-12/h3-4,7,11,14H,2,5-6,8-9H2,1H3. The molecule has 0 amide bonds. The maximum Gasteiger partial charge on any atom is 0.279 e. The van der Waals surface area contributed by atoms with Crippen LogP contribution in [0.25, 0.3) is 0 Å². The summed E-state index contributed by atoms with van der Waals surface area (Å²) in [5, 5.41) is 0. The first kappa shape index (κ1) is 13.7. The van der Waals surface area contributed by atoms with E-state index in [1.807, 2.05) is 18.2 Å². The van der Waals surface area contributed by atoms with Crippen molar-refractivity contribution in [2.75, 3.05) is 26.4 Å². The van der Waals surface area contributed by atoms with Gasteiger partial charge in [0.2, 0.25) is 6.79 Å². The molecule has 6 nitrogen and oxygen atoms in total. The Balaban J connectivity index is 1.74. The Kier molecular flexibility index (Phi) is 3.57. The maximum absolute atomic E-state index is 12.0. The normalized spacial score (nSPS) is 22.4. The molecule has 3 rings (SSSR count). The number of hydrogen-bond donors (Lipinski definition) is 1. The lowest BCUT2D eigenvalue weighted by atomic mass is 9.98. The molecule has 110 valence electrons. The third kappa shape index (κ3) is 2.48. The highest BCUT2D eigenvalue weighted by atomic mass is 32.2. The summed E-state index contributed by atoms with van der Waals surface area (Å²) in [4.78, 5) is 0. The van der Waals surface area contributed by atoms with Crippen molar-refractivity contribution in [1.29, 1.82) is 0 Å². The van der Waals surface area contributed by atoms with Crippen LogP contribution in [-0.4, -0.2) is 39.2 Å². The molecule has 1 unspecified atom stereocenters. The topological polar surface area (TPSA) is 67.9 Å². The van der Waals surface area contributed by atoms with Crippen molar-refractivity contribution in [2.45, 2.75) is 19.3 Å². The zero-order valence-corrected chi connectivity index (χ0v) is 12.1. The third-order valence-electron chi connectivity index (χ3n) is 3.69. The first-order valence-corrected chi connectivity index (χ1v) is 8.18. The lowest BCUT2D eigenvalue weighted by Gasteiger charge is -2.16. The minimum Gasteiger partial charge on any atom is -0.454 e. The van der Waals surface area contributed by atoms with Gasteiger partial charge in [-0.2, -0.15) is 12.7 Å². The molecule has 0 aromatic heterocycles. The molecule has 2 heterocycles. The second kappa shape index (κ2) is 5.23. The Hall–Kier alpha value is -1.31. The van der Waals surface area contributed by atoms with E-state index in [0.29, 0.717) is 19.6 Å². The average molecular weight is 298 g/mol. The van der Waals surface area contributed by atoms with Crippen LogP contribution in [0.2, 0.25) is 0 Å². The monoisotopic (exact) mass is 298 g/mol. The molecule has 1 aromatic rings. The molecule has 0 spiro atoms. The number of rotatable bonds is 4. The van der Waals surface area contributed by atoms with Gasteiger partial charge in [-0.25, -0.2) is 4.72 Å². The van der Waals surface area contributed by atoms with Crippen molar-refractivity contribution in [2.24, 2.45) is 0 Å². The minimum atomic E-state index is -3.34. The van der Waals surface area contributed by atoms with E-state index in [9.17, 15) is 8.42 Å². The van der Waals surface area contributed by atoms with Gasteiger partial charge >= 0.3 is 0 Å². The van der Waals surface area contributed by atoms with E-state index in [0.717, 1.165) is 23.5 Å². The van der Waals surface area contributed by atoms with Gasteiger partial charge in [-0.3, -0.25) is 0 Å². The first-order chi connectivity index (χ1) is 9.60. The fourth-order valence-corrected chi connectivity index (χ4v) is 3.93. The van der Waals surface area contributed by atoms with Crippen LogP contribution >= 0.6 is 0 Å². The number of benzene rings is 1. The Morgan fingerprint density at radius 3 is 2.95 bits per heavy atom. The van der Waals surface area contributed by atoms with Gasteiger partial charge in [-0.1, -0.05) is 13.0 Å². The quantitative estimate of drug-likeness (QED) is 0.902. The van der Waals surface area contributed by atoms with Crippen LogP contribution < -0.4 is 14.2 Å². The molecule has 20 heavy (non-hydrogen) atoms. The zero-order chi connectivity index (χ0) is 14.2. The summed E-state index contributed by atoms with van der Waals surface area (Å²) in [5.74, 6) is 1.71. The number of nitrogens with one attached hydrogen (secondary N) is 1. The molecule has 0 radical (unpaired) electrons. The Labute approximate surface area is 118 Å². The number of hydrogen-bond acceptors (Lipinski definition) is 4. The molecule has 0 saturated carbocycles. The van der Waals surface area contributed by atoms with Crippen LogP contribution in [0.1, 0.15) is 24.8 Å². The summed E-state index contributed by atoms with van der Waals surface area (Å²) in [5.41, 5.74) is 1.10. The molecule has 1 saturated heterocycles. The number of fused-ring (bicyclic) bond motifs is 1. The van der Waals surface area contributed by atoms with Gasteiger partial charge < -0.3 is 9.47 Å². The Morgan fingerprint density at radius 1 is 1.35 bits per heavy atom. The number of ether oxygens (including phenoxy) is 2. The predicted molar refractivity (Wildman–Crippen MR) is 74.1 cm³/mol. The van der Waals surface area contributed by atoms with E-state index in [-0.39, 0.29) is 12.7 Å². The molecular weight excluding hydrogens is 280 g/mol. The summed E-state index contributed by atoms with van der Waals surface area (Å²) in [6.45, 7) is 3.50. The molecule has 1 N–H and O–H groups in total. The van der Waals surface area contributed by atoms with Crippen LogP contribution in [-0.2, 0) is 10.2 Å². The molecule has 1 aromatic carbocycles. The van der Waals surface area contributed by atoms with Crippen molar-refractivity contribution in [3.63, 3.8) is 0 Å². The summed E-state index contributed by atoms with van der Waals surface area (Å²) in [6.07, 6.45) is 0.824. The molecule has 0 aliphatic carbocycles. The van der Waals surface area contributed by atoms with Crippen LogP contribution in [0.4, 0.5) is 0 Å². The smallest absolute Gasteiger partial charge is 0.279 e. The van der Waals surface area contributed by atoms with Gasteiger partial charge in [0.1, 0.15) is 0 Å². The highest BCUT2D eigenvalue weighted by molar-refractivity contribution is 7.87. The van der Waals surface area contributed by atoms with E-state index in [1.54, 1.807) is 6.92 Å². The minimum absolute atomic E-state index is 0.206. The lowest BCUT2D eigenvalue weighted by molar-refractivity contribution is 0.174. The summed E-state index contributed by atoms with van der Waals surface area (Å²) in [6, 6.07) is 5.83. The molecule has 1 atom stereocenters. The van der Waals surface area contributed by atoms with Crippen LogP contribution in [0, 0.1) is 0 Å². The van der Waals surface area contributed by atoms with Crippen molar-refractivity contribution in [3.05, 3.63) is 23.8 Å². The van der Waals surface area contributed by atoms with Crippen LogP contribution in [0.15, 0.2) is 18.2 Å². The van der Waals surface area contributed by atoms with Crippen molar-refractivity contribution in [3.8, 4) is 11.5 Å². The fourth-order valence-electron chi connectivity index (χ4n) is 2.66. The SMILES string of the molecule is CCNS(=O)(=O)N1CCC(c2ccc3c(c2)OCO3)C1. The van der Waals surface area contributed by atoms with Gasteiger partial charge in [-0.05, 0) is 30.0 Å². The lowest BCUT2D eigenvalue weighted by Crippen LogP contribution is -2.39. The van der Waals surface area contributed by atoms with E-state index >= 15 is 0 Å². The first-order valence-electron chi connectivity index (χ1n) is 6.74. The van der Waals surface area contributed by atoms with Crippen molar-refractivity contribution < 1.29 is 17.9 Å². The predicted octanol–water partition coefficient (Wildman–Crippen LogP) is 1.06. The Bertz CT molecular complexity index is 602. The van der Waals surface area contributed by atoms with Crippen molar-refractivity contribution >= 4 is 10.2 Å². The molecule has 2 aliphatic heterocycles. The van der Waals surface area contributed by atoms with Gasteiger partial charge in [0.05, 0.1) is 0 Å². The highest BCUT2D eigenvalue weighted by Gasteiger charge is 2.32. The second-order valence-electron chi connectivity index (χ2n) is 4.96. The summed E-state index contributed by atoms with van der Waals surface area (Å²) < 4.78 is 38.6. The molecule has 2 aliphatic rings. The highest BCUT2D eigenvalue weighted by Crippen LogP contribution is 2.37. The van der Waals surface area contributed by atoms with Gasteiger partial charge in [0.25, 0.3) is 10.2 Å². The van der Waals surface area contributed by atoms with Gasteiger partial charge in [-0.15, -0.1) is 0 Å². The molecule has 7 heteroatoms. The molecule has 1 fully saturated rings. The third-order valence-corrected chi connectivity index (χ3v) is 5.35. The molecule has 0 bridgehead atoms. The maximum atomic E-state index is 12.0. The number of nitrogens with zero attached hydrogens (tertiary/aromatic N) is 1. The summed E-state index contributed by atoms with van der Waals surface area (Å²) >= 11 is 0. The fraction of sp³-hybridized carbons (Fsp3) is 0.538. The average Bonchev–Trinajstić information content (AvgIpc) is 3.07. The van der Waals surface area contributed by atoms with Crippen LogP contribution in [0.3, 0.4) is 0 Å². The van der Waals surface area contributed by atoms with E-state index in [2.05, 4.69) is 4.72 Å². The van der Waals surface area contributed by atoms with E-state index < -0.39 is 10.2 Å². The van der Waals surface area contributed by atoms with Gasteiger partial charge in [0.15, 0.2) is 11.5 Å². The molecular formula is C13H18N2O4S. The van der Waals surface area contributed by atoms with Crippen LogP contribution in [0.5, 0.6) is 11.5 Å². The Morgan fingerprint density at radius 2 is 2.15 bits per heavy atom. The summed E-state index contributed by atoms with van der Waals surface area (Å²) in [7, 11) is -3.34. The van der Waals surface area contributed by atoms with E-state index in [1.165, 1.54) is 4.31 Å². The van der Waals surface area contributed by atoms with Gasteiger partial charge in [0, 0.05) is 19.6 Å². The van der Waals surface area contributed by atoms with Crippen molar-refractivity contribution in [1.82, 2.24) is 9.03 Å². The zero-order valence-electron chi connectivity index (χ0n) is 11.3. The largest absolute Gasteiger partial charge is 0.454 e. The van der Waals surface area contributed by atoms with E-state index in [4.69, 9.17) is 9.47 Å². The second-order valence-corrected chi connectivity index (χ2v) is 6.71.